The second-order valence-corrected chi connectivity index (χ2v) is 8.87. The van der Waals surface area contributed by atoms with Gasteiger partial charge in [0, 0.05) is 16.3 Å². The summed E-state index contributed by atoms with van der Waals surface area (Å²) in [6.07, 6.45) is 2.68. The number of rotatable bonds is 9. The van der Waals surface area contributed by atoms with Crippen LogP contribution in [0.5, 0.6) is 5.75 Å². The van der Waals surface area contributed by atoms with Gasteiger partial charge < -0.3 is 4.74 Å². The lowest BCUT2D eigenvalue weighted by atomic mass is 10.1. The average Bonchev–Trinajstić information content (AvgIpc) is 2.78. The highest BCUT2D eigenvalue weighted by Gasteiger charge is 2.16. The van der Waals surface area contributed by atoms with Crippen LogP contribution in [-0.2, 0) is 0 Å². The van der Waals surface area contributed by atoms with Gasteiger partial charge in [-0.3, -0.25) is 5.43 Å². The third-order valence-electron chi connectivity index (χ3n) is 4.52. The van der Waals surface area contributed by atoms with Crippen molar-refractivity contribution in [2.24, 2.45) is 11.0 Å². The highest BCUT2D eigenvalue weighted by molar-refractivity contribution is 7.99. The molecule has 0 aliphatic carbocycles. The van der Waals surface area contributed by atoms with E-state index in [0.717, 1.165) is 29.1 Å². The molecule has 1 heterocycles. The van der Waals surface area contributed by atoms with Crippen molar-refractivity contribution in [3.63, 3.8) is 0 Å². The topological polar surface area (TPSA) is 83.2 Å². The molecule has 8 heteroatoms. The van der Waals surface area contributed by atoms with Crippen LogP contribution in [0.2, 0.25) is 5.02 Å². The predicted octanol–water partition coefficient (Wildman–Crippen LogP) is 6.26. The molecule has 3 aromatic rings. The molecule has 0 atom stereocenters. The second kappa shape index (κ2) is 11.5. The van der Waals surface area contributed by atoms with E-state index in [9.17, 15) is 5.26 Å². The van der Waals surface area contributed by atoms with Crippen LogP contribution in [-0.4, -0.2) is 29.0 Å². The number of aromatic nitrogens is 2. The third kappa shape index (κ3) is 6.46. The summed E-state index contributed by atoms with van der Waals surface area (Å²) in [5.74, 6) is 2.56. The van der Waals surface area contributed by atoms with E-state index in [1.165, 1.54) is 0 Å². The lowest BCUT2D eigenvalue weighted by molar-refractivity contribution is 0.415. The monoisotopic (exact) mass is 465 g/mol. The molecule has 1 aromatic heterocycles. The quantitative estimate of drug-likeness (QED) is 0.174. The van der Waals surface area contributed by atoms with Crippen LogP contribution >= 0.6 is 23.4 Å². The molecule has 0 spiro atoms. The SMILES string of the molecule is COc1ccc(-c2nc(SCCC(C)C)nc(N/N=C\c3cccc(Cl)c3)c2C#N)cc1. The highest BCUT2D eigenvalue weighted by Crippen LogP contribution is 2.30. The molecule has 32 heavy (non-hydrogen) atoms. The zero-order valence-corrected chi connectivity index (χ0v) is 19.7. The van der Waals surface area contributed by atoms with Gasteiger partial charge in [-0.2, -0.15) is 10.4 Å². The van der Waals surface area contributed by atoms with Gasteiger partial charge in [0.25, 0.3) is 0 Å². The van der Waals surface area contributed by atoms with E-state index >= 15 is 0 Å². The Hall–Kier alpha value is -3.08. The zero-order valence-electron chi connectivity index (χ0n) is 18.2. The number of nitrogens with zero attached hydrogens (tertiary/aromatic N) is 4. The number of ether oxygens (including phenoxy) is 1. The molecule has 0 fully saturated rings. The standard InChI is InChI=1S/C24H24ClN5OS/c1-16(2)11-12-32-24-28-22(18-7-9-20(31-3)10-8-18)21(14-26)23(29-24)30-27-15-17-5-4-6-19(25)13-17/h4-10,13,15-16H,11-12H2,1-3H3,(H,28,29,30)/b27-15-. The molecule has 0 unspecified atom stereocenters. The first-order valence-corrected chi connectivity index (χ1v) is 11.5. The Morgan fingerprint density at radius 2 is 2.00 bits per heavy atom. The number of anilines is 1. The van der Waals surface area contributed by atoms with E-state index in [1.807, 2.05) is 36.4 Å². The van der Waals surface area contributed by atoms with E-state index in [-0.39, 0.29) is 0 Å². The average molecular weight is 466 g/mol. The summed E-state index contributed by atoms with van der Waals surface area (Å²) in [4.78, 5) is 9.25. The first-order chi connectivity index (χ1) is 15.5. The number of nitriles is 1. The first kappa shape index (κ1) is 23.6. The molecular formula is C24H24ClN5OS. The van der Waals surface area contributed by atoms with Crippen molar-refractivity contribution >= 4 is 35.4 Å². The van der Waals surface area contributed by atoms with Gasteiger partial charge in [0.15, 0.2) is 11.0 Å². The molecule has 2 aromatic carbocycles. The Balaban J connectivity index is 1.96. The van der Waals surface area contributed by atoms with Crippen LogP contribution in [0.4, 0.5) is 5.82 Å². The number of benzene rings is 2. The minimum Gasteiger partial charge on any atom is -0.497 e. The summed E-state index contributed by atoms with van der Waals surface area (Å²) in [7, 11) is 1.61. The fourth-order valence-electron chi connectivity index (χ4n) is 2.79. The predicted molar refractivity (Wildman–Crippen MR) is 132 cm³/mol. The molecule has 0 bridgehead atoms. The van der Waals surface area contributed by atoms with Gasteiger partial charge in [-0.15, -0.1) is 0 Å². The fraction of sp³-hybridized carbons (Fsp3) is 0.250. The summed E-state index contributed by atoms with van der Waals surface area (Å²) in [5.41, 5.74) is 5.43. The number of halogens is 1. The van der Waals surface area contributed by atoms with E-state index in [0.29, 0.717) is 33.2 Å². The van der Waals surface area contributed by atoms with Crippen LogP contribution < -0.4 is 10.2 Å². The fourth-order valence-corrected chi connectivity index (χ4v) is 4.07. The Bertz CT molecular complexity index is 1130. The van der Waals surface area contributed by atoms with Crippen LogP contribution in [0, 0.1) is 17.2 Å². The normalized spacial score (nSPS) is 11.0. The number of thioether (sulfide) groups is 1. The largest absolute Gasteiger partial charge is 0.497 e. The molecule has 3 rings (SSSR count). The summed E-state index contributed by atoms with van der Waals surface area (Å²) < 4.78 is 5.25. The molecule has 0 amide bonds. The van der Waals surface area contributed by atoms with Crippen LogP contribution in [0.25, 0.3) is 11.3 Å². The highest BCUT2D eigenvalue weighted by atomic mass is 35.5. The summed E-state index contributed by atoms with van der Waals surface area (Å²) in [6, 6.07) is 17.0. The first-order valence-electron chi connectivity index (χ1n) is 10.1. The molecule has 0 saturated heterocycles. The maximum absolute atomic E-state index is 9.88. The number of hydrogen-bond acceptors (Lipinski definition) is 7. The van der Waals surface area contributed by atoms with Crippen LogP contribution in [0.15, 0.2) is 58.8 Å². The molecule has 0 radical (unpaired) electrons. The molecular weight excluding hydrogens is 442 g/mol. The van der Waals surface area contributed by atoms with Crippen LogP contribution in [0.3, 0.4) is 0 Å². The van der Waals surface area contributed by atoms with E-state index in [4.69, 9.17) is 16.3 Å². The maximum atomic E-state index is 9.88. The number of nitrogens with one attached hydrogen (secondary N) is 1. The van der Waals surface area contributed by atoms with Crippen molar-refractivity contribution in [2.45, 2.75) is 25.4 Å². The maximum Gasteiger partial charge on any atom is 0.190 e. The number of hydrogen-bond donors (Lipinski definition) is 1. The zero-order chi connectivity index (χ0) is 22.9. The lowest BCUT2D eigenvalue weighted by Crippen LogP contribution is -2.04. The van der Waals surface area contributed by atoms with E-state index in [1.54, 1.807) is 37.2 Å². The Kier molecular flexibility index (Phi) is 8.48. The van der Waals surface area contributed by atoms with Crippen LogP contribution in [0.1, 0.15) is 31.4 Å². The van der Waals surface area contributed by atoms with Gasteiger partial charge in [-0.1, -0.05) is 49.3 Å². The molecule has 0 aliphatic rings. The molecule has 6 nitrogen and oxygen atoms in total. The minimum absolute atomic E-state index is 0.326. The van der Waals surface area contributed by atoms with Crippen molar-refractivity contribution < 1.29 is 4.74 Å². The van der Waals surface area contributed by atoms with Crippen molar-refractivity contribution in [3.8, 4) is 23.1 Å². The minimum atomic E-state index is 0.326. The van der Waals surface area contributed by atoms with Crippen molar-refractivity contribution in [3.05, 3.63) is 64.7 Å². The Morgan fingerprint density at radius 1 is 1.22 bits per heavy atom. The van der Waals surface area contributed by atoms with Crippen molar-refractivity contribution in [1.29, 1.82) is 5.26 Å². The Morgan fingerprint density at radius 3 is 2.66 bits per heavy atom. The van der Waals surface area contributed by atoms with E-state index in [2.05, 4.69) is 40.4 Å². The Labute approximate surface area is 197 Å². The van der Waals surface area contributed by atoms with Gasteiger partial charge in [0.05, 0.1) is 19.0 Å². The summed E-state index contributed by atoms with van der Waals surface area (Å²) in [5, 5.41) is 15.4. The van der Waals surface area contributed by atoms with Gasteiger partial charge >= 0.3 is 0 Å². The van der Waals surface area contributed by atoms with Gasteiger partial charge in [-0.05, 0) is 54.3 Å². The summed E-state index contributed by atoms with van der Waals surface area (Å²) in [6.45, 7) is 4.36. The number of methoxy groups -OCH3 is 1. The van der Waals surface area contributed by atoms with Crippen molar-refractivity contribution in [2.75, 3.05) is 18.3 Å². The molecule has 164 valence electrons. The third-order valence-corrected chi connectivity index (χ3v) is 5.64. The lowest BCUT2D eigenvalue weighted by Gasteiger charge is -2.11. The van der Waals surface area contributed by atoms with Gasteiger partial charge in [-0.25, -0.2) is 9.97 Å². The number of hydrazone groups is 1. The summed E-state index contributed by atoms with van der Waals surface area (Å²) >= 11 is 7.60. The van der Waals surface area contributed by atoms with Gasteiger partial charge in [0.2, 0.25) is 0 Å². The van der Waals surface area contributed by atoms with Crippen molar-refractivity contribution in [1.82, 2.24) is 9.97 Å². The molecule has 0 aliphatic heterocycles. The molecule has 1 N–H and O–H groups in total. The smallest absolute Gasteiger partial charge is 0.190 e. The van der Waals surface area contributed by atoms with E-state index < -0.39 is 0 Å². The van der Waals surface area contributed by atoms with Gasteiger partial charge in [0.1, 0.15) is 17.4 Å². The molecule has 0 saturated carbocycles. The second-order valence-electron chi connectivity index (χ2n) is 7.37.